The Morgan fingerprint density at radius 1 is 1.38 bits per heavy atom. The van der Waals surface area contributed by atoms with Gasteiger partial charge in [-0.25, -0.2) is 0 Å². The predicted molar refractivity (Wildman–Crippen MR) is 64.3 cm³/mol. The lowest BCUT2D eigenvalue weighted by Gasteiger charge is -2.09. The Bertz CT molecular complexity index is 230. The number of rotatable bonds is 6. The van der Waals surface area contributed by atoms with Gasteiger partial charge in [0.25, 0.3) is 0 Å². The lowest BCUT2D eigenvalue weighted by atomic mass is 10.1. The Balaban J connectivity index is 0.00000225. The first-order valence-electron chi connectivity index (χ1n) is 5.47. The SMILES string of the molecule is Cl.NC(=O)CCNC(=O)CCC1CCCN1. The lowest BCUT2D eigenvalue weighted by molar-refractivity contribution is -0.121. The van der Waals surface area contributed by atoms with Crippen LogP contribution in [-0.2, 0) is 9.59 Å². The Labute approximate surface area is 102 Å². The molecule has 1 atom stereocenters. The summed E-state index contributed by atoms with van der Waals surface area (Å²) < 4.78 is 0. The Kier molecular flexibility index (Phi) is 7.93. The molecule has 1 unspecified atom stereocenters. The predicted octanol–water partition coefficient (Wildman–Crippen LogP) is -0.0680. The molecule has 0 aromatic carbocycles. The summed E-state index contributed by atoms with van der Waals surface area (Å²) in [6, 6.07) is 0.492. The second kappa shape index (κ2) is 8.35. The van der Waals surface area contributed by atoms with E-state index in [1.165, 1.54) is 6.42 Å². The molecule has 2 amide bonds. The average molecular weight is 250 g/mol. The van der Waals surface area contributed by atoms with E-state index in [2.05, 4.69) is 10.6 Å². The monoisotopic (exact) mass is 249 g/mol. The molecule has 0 aromatic rings. The molecular weight excluding hydrogens is 230 g/mol. The number of carbonyl (C=O) groups excluding carboxylic acids is 2. The third kappa shape index (κ3) is 6.63. The molecule has 1 rings (SSSR count). The molecule has 0 bridgehead atoms. The van der Waals surface area contributed by atoms with E-state index in [0.717, 1.165) is 19.4 Å². The zero-order valence-corrected chi connectivity index (χ0v) is 10.1. The Hall–Kier alpha value is -0.810. The van der Waals surface area contributed by atoms with Gasteiger partial charge in [-0.2, -0.15) is 0 Å². The van der Waals surface area contributed by atoms with Crippen molar-refractivity contribution in [3.05, 3.63) is 0 Å². The van der Waals surface area contributed by atoms with E-state index < -0.39 is 0 Å². The van der Waals surface area contributed by atoms with Gasteiger partial charge in [-0.1, -0.05) is 0 Å². The highest BCUT2D eigenvalue weighted by atomic mass is 35.5. The lowest BCUT2D eigenvalue weighted by Crippen LogP contribution is -2.29. The largest absolute Gasteiger partial charge is 0.370 e. The summed E-state index contributed by atoms with van der Waals surface area (Å²) in [5.41, 5.74) is 4.95. The molecule has 6 heteroatoms. The van der Waals surface area contributed by atoms with Gasteiger partial charge >= 0.3 is 0 Å². The molecule has 0 aliphatic carbocycles. The first kappa shape index (κ1) is 15.2. The van der Waals surface area contributed by atoms with E-state index in [0.29, 0.717) is 19.0 Å². The van der Waals surface area contributed by atoms with E-state index >= 15 is 0 Å². The van der Waals surface area contributed by atoms with Crippen LogP contribution in [-0.4, -0.2) is 30.9 Å². The van der Waals surface area contributed by atoms with Gasteiger partial charge in [-0.15, -0.1) is 12.4 Å². The summed E-state index contributed by atoms with van der Waals surface area (Å²) in [7, 11) is 0. The fraction of sp³-hybridized carbons (Fsp3) is 0.800. The average Bonchev–Trinajstić information content (AvgIpc) is 2.66. The van der Waals surface area contributed by atoms with Crippen molar-refractivity contribution in [2.24, 2.45) is 5.73 Å². The van der Waals surface area contributed by atoms with Gasteiger partial charge in [-0.3, -0.25) is 9.59 Å². The van der Waals surface area contributed by atoms with Gasteiger partial charge in [0, 0.05) is 25.4 Å². The number of nitrogens with two attached hydrogens (primary N) is 1. The molecule has 0 radical (unpaired) electrons. The maximum atomic E-state index is 11.3. The normalized spacial score (nSPS) is 18.9. The molecule has 94 valence electrons. The van der Waals surface area contributed by atoms with Crippen LogP contribution in [0.3, 0.4) is 0 Å². The fourth-order valence-corrected chi connectivity index (χ4v) is 1.72. The zero-order chi connectivity index (χ0) is 11.1. The van der Waals surface area contributed by atoms with E-state index in [4.69, 9.17) is 5.73 Å². The zero-order valence-electron chi connectivity index (χ0n) is 9.33. The van der Waals surface area contributed by atoms with Crippen molar-refractivity contribution in [1.82, 2.24) is 10.6 Å². The molecule has 16 heavy (non-hydrogen) atoms. The van der Waals surface area contributed by atoms with Crippen molar-refractivity contribution in [2.75, 3.05) is 13.1 Å². The van der Waals surface area contributed by atoms with Gasteiger partial charge in [0.15, 0.2) is 0 Å². The van der Waals surface area contributed by atoms with Gasteiger partial charge in [0.1, 0.15) is 0 Å². The minimum atomic E-state index is -0.382. The molecule has 0 aromatic heterocycles. The summed E-state index contributed by atoms with van der Waals surface area (Å²) >= 11 is 0. The number of carbonyl (C=O) groups is 2. The highest BCUT2D eigenvalue weighted by Crippen LogP contribution is 2.10. The van der Waals surface area contributed by atoms with Crippen LogP contribution in [0.25, 0.3) is 0 Å². The molecule has 0 saturated carbocycles. The first-order valence-corrected chi connectivity index (χ1v) is 5.47. The molecule has 1 aliphatic rings. The topological polar surface area (TPSA) is 84.2 Å². The van der Waals surface area contributed by atoms with Gasteiger partial charge in [0.05, 0.1) is 0 Å². The minimum absolute atomic E-state index is 0. The molecule has 4 N–H and O–H groups in total. The molecule has 1 fully saturated rings. The van der Waals surface area contributed by atoms with Crippen LogP contribution in [0.5, 0.6) is 0 Å². The quantitative estimate of drug-likeness (QED) is 0.616. The smallest absolute Gasteiger partial charge is 0.220 e. The van der Waals surface area contributed by atoms with Crippen molar-refractivity contribution < 1.29 is 9.59 Å². The van der Waals surface area contributed by atoms with Crippen LogP contribution in [0.15, 0.2) is 0 Å². The summed E-state index contributed by atoms with van der Waals surface area (Å²) in [5, 5.41) is 6.00. The maximum Gasteiger partial charge on any atom is 0.220 e. The molecule has 1 heterocycles. The van der Waals surface area contributed by atoms with Crippen LogP contribution in [0.2, 0.25) is 0 Å². The van der Waals surface area contributed by atoms with Crippen LogP contribution in [0.1, 0.15) is 32.1 Å². The number of amides is 2. The molecule has 1 aliphatic heterocycles. The highest BCUT2D eigenvalue weighted by Gasteiger charge is 2.14. The molecule has 5 nitrogen and oxygen atoms in total. The van der Waals surface area contributed by atoms with Crippen LogP contribution < -0.4 is 16.4 Å². The van der Waals surface area contributed by atoms with E-state index in [1.54, 1.807) is 0 Å². The van der Waals surface area contributed by atoms with Crippen LogP contribution >= 0.6 is 12.4 Å². The summed E-state index contributed by atoms with van der Waals surface area (Å²) in [5.74, 6) is -0.377. The fourth-order valence-electron chi connectivity index (χ4n) is 1.72. The number of halogens is 1. The first-order chi connectivity index (χ1) is 7.18. The Morgan fingerprint density at radius 3 is 2.69 bits per heavy atom. The van der Waals surface area contributed by atoms with Gasteiger partial charge < -0.3 is 16.4 Å². The second-order valence-electron chi connectivity index (χ2n) is 3.90. The standard InChI is InChI=1S/C10H19N3O2.ClH/c11-9(14)5-7-13-10(15)4-3-8-2-1-6-12-8;/h8,12H,1-7H2,(H2,11,14)(H,13,15);1H. The third-order valence-corrected chi connectivity index (χ3v) is 2.58. The number of hydrogen-bond acceptors (Lipinski definition) is 3. The van der Waals surface area contributed by atoms with Crippen molar-refractivity contribution in [3.63, 3.8) is 0 Å². The Morgan fingerprint density at radius 2 is 2.12 bits per heavy atom. The van der Waals surface area contributed by atoms with Gasteiger partial charge in [-0.05, 0) is 25.8 Å². The maximum absolute atomic E-state index is 11.3. The van der Waals surface area contributed by atoms with E-state index in [9.17, 15) is 9.59 Å². The van der Waals surface area contributed by atoms with Crippen LogP contribution in [0, 0.1) is 0 Å². The summed E-state index contributed by atoms with van der Waals surface area (Å²) in [4.78, 5) is 21.7. The highest BCUT2D eigenvalue weighted by molar-refractivity contribution is 5.85. The van der Waals surface area contributed by atoms with Crippen LogP contribution in [0.4, 0.5) is 0 Å². The van der Waals surface area contributed by atoms with Gasteiger partial charge in [0.2, 0.25) is 11.8 Å². The van der Waals surface area contributed by atoms with Crippen molar-refractivity contribution in [1.29, 1.82) is 0 Å². The molecule has 0 spiro atoms. The number of nitrogens with one attached hydrogen (secondary N) is 2. The van der Waals surface area contributed by atoms with Crippen molar-refractivity contribution in [3.8, 4) is 0 Å². The summed E-state index contributed by atoms with van der Waals surface area (Å²) in [6.45, 7) is 1.42. The molecular formula is C10H20ClN3O2. The summed E-state index contributed by atoms with van der Waals surface area (Å²) in [6.07, 6.45) is 3.98. The number of primary amides is 1. The minimum Gasteiger partial charge on any atom is -0.370 e. The third-order valence-electron chi connectivity index (χ3n) is 2.58. The number of hydrogen-bond donors (Lipinski definition) is 3. The van der Waals surface area contributed by atoms with E-state index in [1.807, 2.05) is 0 Å². The van der Waals surface area contributed by atoms with E-state index in [-0.39, 0.29) is 30.6 Å². The second-order valence-corrected chi connectivity index (χ2v) is 3.90. The molecule has 1 saturated heterocycles. The van der Waals surface area contributed by atoms with Crippen molar-refractivity contribution in [2.45, 2.75) is 38.1 Å². The van der Waals surface area contributed by atoms with Crippen molar-refractivity contribution >= 4 is 24.2 Å².